The smallest absolute Gasteiger partial charge is 0.410 e. The molecule has 2 aromatic heterocycles. The van der Waals surface area contributed by atoms with Gasteiger partial charge >= 0.3 is 6.09 Å². The number of carbonyl (C=O) groups excluding carboxylic acids is 1. The third-order valence-corrected chi connectivity index (χ3v) is 5.62. The number of aryl methyl sites for hydroxylation is 1. The number of ether oxygens (including phenoxy) is 1. The summed E-state index contributed by atoms with van der Waals surface area (Å²) < 4.78 is 7.07. The molecule has 4 heterocycles. The van der Waals surface area contributed by atoms with Crippen molar-refractivity contribution in [2.75, 3.05) is 38.5 Å². The SMILES string of the molecule is C/C=C(\C)c1cc(CCCN2CCN3C(=O)OCC3C2)n2ncnc(N)c12. The van der Waals surface area contributed by atoms with Crippen LogP contribution in [0.25, 0.3) is 11.1 Å². The predicted octanol–water partition coefficient (Wildman–Crippen LogP) is 1.80. The summed E-state index contributed by atoms with van der Waals surface area (Å²) in [4.78, 5) is 20.0. The van der Waals surface area contributed by atoms with Crippen molar-refractivity contribution in [1.29, 1.82) is 0 Å². The van der Waals surface area contributed by atoms with Crippen LogP contribution in [-0.4, -0.2) is 69.3 Å². The molecule has 2 aliphatic rings. The molecule has 144 valence electrons. The summed E-state index contributed by atoms with van der Waals surface area (Å²) in [7, 11) is 0. The Morgan fingerprint density at radius 1 is 1.44 bits per heavy atom. The zero-order valence-electron chi connectivity index (χ0n) is 15.9. The first-order valence-corrected chi connectivity index (χ1v) is 9.48. The highest BCUT2D eigenvalue weighted by Crippen LogP contribution is 2.27. The van der Waals surface area contributed by atoms with Gasteiger partial charge in [-0.1, -0.05) is 6.08 Å². The van der Waals surface area contributed by atoms with E-state index in [1.807, 2.05) is 16.3 Å². The number of nitrogens with two attached hydrogens (primary N) is 1. The van der Waals surface area contributed by atoms with Crippen LogP contribution < -0.4 is 5.73 Å². The first-order valence-electron chi connectivity index (χ1n) is 9.48. The number of nitrogens with zero attached hydrogens (tertiary/aromatic N) is 5. The molecule has 0 radical (unpaired) electrons. The molecule has 8 nitrogen and oxygen atoms in total. The van der Waals surface area contributed by atoms with Crippen molar-refractivity contribution in [3.8, 4) is 0 Å². The second-order valence-electron chi connectivity index (χ2n) is 7.26. The third kappa shape index (κ3) is 3.25. The summed E-state index contributed by atoms with van der Waals surface area (Å²) in [5.74, 6) is 0.509. The molecule has 4 rings (SSSR count). The summed E-state index contributed by atoms with van der Waals surface area (Å²) in [6.07, 6.45) is 5.36. The van der Waals surface area contributed by atoms with Crippen LogP contribution in [0, 0.1) is 0 Å². The van der Waals surface area contributed by atoms with E-state index < -0.39 is 0 Å². The van der Waals surface area contributed by atoms with Crippen LogP contribution in [0.15, 0.2) is 18.5 Å². The van der Waals surface area contributed by atoms with Crippen LogP contribution in [-0.2, 0) is 11.2 Å². The number of piperazine rings is 1. The van der Waals surface area contributed by atoms with Crippen molar-refractivity contribution in [2.45, 2.75) is 32.7 Å². The van der Waals surface area contributed by atoms with Gasteiger partial charge in [-0.2, -0.15) is 5.10 Å². The number of cyclic esters (lactones) is 1. The Labute approximate surface area is 158 Å². The maximum atomic E-state index is 11.6. The van der Waals surface area contributed by atoms with Gasteiger partial charge in [0.25, 0.3) is 0 Å². The van der Waals surface area contributed by atoms with Gasteiger partial charge in [-0.3, -0.25) is 9.80 Å². The van der Waals surface area contributed by atoms with Gasteiger partial charge < -0.3 is 10.5 Å². The Balaban J connectivity index is 1.44. The molecule has 27 heavy (non-hydrogen) atoms. The fraction of sp³-hybridized carbons (Fsp3) is 0.526. The van der Waals surface area contributed by atoms with E-state index in [1.54, 1.807) is 0 Å². The number of anilines is 1. The molecule has 0 aliphatic carbocycles. The lowest BCUT2D eigenvalue weighted by Crippen LogP contribution is -2.52. The molecular formula is C19H26N6O2. The molecular weight excluding hydrogens is 344 g/mol. The summed E-state index contributed by atoms with van der Waals surface area (Å²) in [6, 6.07) is 2.38. The number of nitrogen functional groups attached to an aromatic ring is 1. The Bertz CT molecular complexity index is 890. The second-order valence-corrected chi connectivity index (χ2v) is 7.26. The molecule has 2 fully saturated rings. The van der Waals surface area contributed by atoms with Gasteiger partial charge in [0.15, 0.2) is 5.82 Å². The largest absolute Gasteiger partial charge is 0.447 e. The van der Waals surface area contributed by atoms with Crippen LogP contribution in [0.1, 0.15) is 31.5 Å². The highest BCUT2D eigenvalue weighted by molar-refractivity contribution is 5.84. The molecule has 2 aliphatic heterocycles. The molecule has 1 amide bonds. The lowest BCUT2D eigenvalue weighted by atomic mass is 10.1. The van der Waals surface area contributed by atoms with Crippen molar-refractivity contribution >= 4 is 23.0 Å². The Hall–Kier alpha value is -2.61. The minimum atomic E-state index is -0.163. The molecule has 2 N–H and O–H groups in total. The van der Waals surface area contributed by atoms with Gasteiger partial charge in [-0.15, -0.1) is 0 Å². The molecule has 0 aromatic carbocycles. The van der Waals surface area contributed by atoms with Gasteiger partial charge in [-0.25, -0.2) is 14.3 Å². The van der Waals surface area contributed by atoms with Crippen molar-refractivity contribution in [1.82, 2.24) is 24.4 Å². The van der Waals surface area contributed by atoms with Gasteiger partial charge in [0.2, 0.25) is 0 Å². The average Bonchev–Trinajstić information content (AvgIpc) is 3.23. The number of fused-ring (bicyclic) bond motifs is 2. The molecule has 1 unspecified atom stereocenters. The zero-order valence-corrected chi connectivity index (χ0v) is 15.9. The number of hydrogen-bond donors (Lipinski definition) is 1. The van der Waals surface area contributed by atoms with Crippen LogP contribution in [0.5, 0.6) is 0 Å². The Kier molecular flexibility index (Phi) is 4.73. The van der Waals surface area contributed by atoms with E-state index in [-0.39, 0.29) is 12.1 Å². The summed E-state index contributed by atoms with van der Waals surface area (Å²) in [6.45, 7) is 8.15. The van der Waals surface area contributed by atoms with Crippen molar-refractivity contribution in [3.63, 3.8) is 0 Å². The maximum absolute atomic E-state index is 11.6. The highest BCUT2D eigenvalue weighted by Gasteiger charge is 2.37. The topological polar surface area (TPSA) is 89.0 Å². The molecule has 1 atom stereocenters. The average molecular weight is 370 g/mol. The van der Waals surface area contributed by atoms with E-state index in [2.05, 4.69) is 34.0 Å². The summed E-state index contributed by atoms with van der Waals surface area (Å²) in [5, 5.41) is 4.42. The number of allylic oxidation sites excluding steroid dienone is 2. The zero-order chi connectivity index (χ0) is 19.0. The third-order valence-electron chi connectivity index (χ3n) is 5.62. The van der Waals surface area contributed by atoms with E-state index >= 15 is 0 Å². The van der Waals surface area contributed by atoms with E-state index in [0.717, 1.165) is 55.8 Å². The lowest BCUT2D eigenvalue weighted by Gasteiger charge is -2.35. The van der Waals surface area contributed by atoms with Gasteiger partial charge in [0, 0.05) is 30.9 Å². The van der Waals surface area contributed by atoms with Gasteiger partial charge in [-0.05, 0) is 44.9 Å². The summed E-state index contributed by atoms with van der Waals surface area (Å²) >= 11 is 0. The molecule has 2 saturated heterocycles. The molecule has 0 saturated carbocycles. The normalized spacial score (nSPS) is 21.0. The lowest BCUT2D eigenvalue weighted by molar-refractivity contribution is 0.119. The van der Waals surface area contributed by atoms with Crippen LogP contribution in [0.3, 0.4) is 0 Å². The minimum Gasteiger partial charge on any atom is -0.447 e. The highest BCUT2D eigenvalue weighted by atomic mass is 16.6. The van der Waals surface area contributed by atoms with Gasteiger partial charge in [0.05, 0.1) is 6.04 Å². The van der Waals surface area contributed by atoms with E-state index in [1.165, 1.54) is 11.9 Å². The Morgan fingerprint density at radius 2 is 2.30 bits per heavy atom. The molecule has 0 bridgehead atoms. The van der Waals surface area contributed by atoms with Gasteiger partial charge in [0.1, 0.15) is 18.5 Å². The van der Waals surface area contributed by atoms with Crippen LogP contribution >= 0.6 is 0 Å². The van der Waals surface area contributed by atoms with Crippen molar-refractivity contribution in [3.05, 3.63) is 29.7 Å². The first kappa shape index (κ1) is 17.8. The molecule has 8 heteroatoms. The van der Waals surface area contributed by atoms with E-state index in [9.17, 15) is 4.79 Å². The quantitative estimate of drug-likeness (QED) is 0.863. The van der Waals surface area contributed by atoms with Crippen molar-refractivity contribution < 1.29 is 9.53 Å². The molecule has 0 spiro atoms. The number of carbonyl (C=O) groups is 1. The van der Waals surface area contributed by atoms with E-state index in [0.29, 0.717) is 12.4 Å². The second kappa shape index (κ2) is 7.19. The summed E-state index contributed by atoms with van der Waals surface area (Å²) in [5.41, 5.74) is 10.4. The fourth-order valence-corrected chi connectivity index (χ4v) is 4.01. The predicted molar refractivity (Wildman–Crippen MR) is 103 cm³/mol. The number of rotatable bonds is 5. The first-order chi connectivity index (χ1) is 13.1. The Morgan fingerprint density at radius 3 is 3.11 bits per heavy atom. The van der Waals surface area contributed by atoms with Crippen molar-refractivity contribution in [2.24, 2.45) is 0 Å². The monoisotopic (exact) mass is 370 g/mol. The molecule has 2 aromatic rings. The van der Waals surface area contributed by atoms with Crippen LogP contribution in [0.2, 0.25) is 0 Å². The maximum Gasteiger partial charge on any atom is 0.410 e. The van der Waals surface area contributed by atoms with Crippen LogP contribution in [0.4, 0.5) is 10.6 Å². The van der Waals surface area contributed by atoms with E-state index in [4.69, 9.17) is 10.5 Å². The fourth-order valence-electron chi connectivity index (χ4n) is 4.01. The standard InChI is InChI=1S/C19H26N6O2/c1-3-13(2)16-9-14(25-17(16)18(20)21-12-22-25)5-4-6-23-7-8-24-15(10-23)11-27-19(24)26/h3,9,12,15H,4-8,10-11H2,1-2H3,(H2,20,21,22)/b13-3+. The number of hydrogen-bond acceptors (Lipinski definition) is 6. The minimum absolute atomic E-state index is 0.163. The number of amides is 1. The number of aromatic nitrogens is 3.